The number of hydrogen-bond donors (Lipinski definition) is 0. The third kappa shape index (κ3) is 1.49. The lowest BCUT2D eigenvalue weighted by Gasteiger charge is -2.47. The zero-order valence-electron chi connectivity index (χ0n) is 14.6. The first-order valence-corrected chi connectivity index (χ1v) is 9.33. The Hall–Kier alpha value is -0.240. The lowest BCUT2D eigenvalue weighted by Crippen LogP contribution is -2.61. The van der Waals surface area contributed by atoms with Crippen molar-refractivity contribution in [3.63, 3.8) is 0 Å². The Kier molecular flexibility index (Phi) is 4.63. The highest BCUT2D eigenvalue weighted by Gasteiger charge is 2.99. The Bertz CT molecular complexity index is 668. The lowest BCUT2D eigenvalue weighted by atomic mass is 9.59. The minimum atomic E-state index is -1.90. The number of rotatable bonds is 4. The number of hydrogen-bond acceptors (Lipinski definition) is 6. The highest BCUT2D eigenvalue weighted by atomic mass is 35.5. The third-order valence-electron chi connectivity index (χ3n) is 6.36. The molecule has 0 saturated heterocycles. The molecule has 0 spiro atoms. The normalized spacial score (nSPS) is 42.8. The molecule has 2 saturated carbocycles. The summed E-state index contributed by atoms with van der Waals surface area (Å²) < 4.78 is 21.4. The number of carbonyl (C=O) groups is 2. The number of carbonyl (C=O) groups excluding carboxylic acids is 2. The van der Waals surface area contributed by atoms with Crippen molar-refractivity contribution in [2.24, 2.45) is 10.8 Å². The summed E-state index contributed by atoms with van der Waals surface area (Å²) >= 11 is 27.1. The molecule has 2 fully saturated rings. The monoisotopic (exact) mass is 446 g/mol. The molecule has 0 aliphatic heterocycles. The summed E-state index contributed by atoms with van der Waals surface area (Å²) in [6.45, 7) is 0. The van der Waals surface area contributed by atoms with Gasteiger partial charge in [0, 0.05) is 14.2 Å². The molecule has 0 N–H and O–H groups in total. The van der Waals surface area contributed by atoms with Gasteiger partial charge in [-0.3, -0.25) is 9.59 Å². The van der Waals surface area contributed by atoms with Gasteiger partial charge in [-0.05, 0) is 12.8 Å². The smallest absolute Gasteiger partial charge is 0.315 e. The number of ether oxygens (including phenoxy) is 4. The van der Waals surface area contributed by atoms with E-state index in [4.69, 9.17) is 65.4 Å². The second-order valence-corrected chi connectivity index (χ2v) is 8.51. The van der Waals surface area contributed by atoms with E-state index in [1.165, 1.54) is 28.4 Å². The maximum absolute atomic E-state index is 13.1. The van der Waals surface area contributed by atoms with Crippen LogP contribution in [-0.2, 0) is 28.5 Å². The highest BCUT2D eigenvalue weighted by molar-refractivity contribution is 6.53. The summed E-state index contributed by atoms with van der Waals surface area (Å²) in [4.78, 5) is 22.5. The SMILES string of the molecule is COC(=O)C12CCCC1(C(=O)OC)[C@@]1(Cl)C(Cl)=C(Cl)[C@]2(Cl)C1(OC)OC. The van der Waals surface area contributed by atoms with Crippen LogP contribution in [0.1, 0.15) is 19.3 Å². The van der Waals surface area contributed by atoms with Crippen molar-refractivity contribution in [3.8, 4) is 0 Å². The van der Waals surface area contributed by atoms with Gasteiger partial charge in [0.1, 0.15) is 10.8 Å². The zero-order valence-corrected chi connectivity index (χ0v) is 17.6. The van der Waals surface area contributed by atoms with E-state index in [0.717, 1.165) is 0 Å². The Labute approximate surface area is 170 Å². The van der Waals surface area contributed by atoms with E-state index >= 15 is 0 Å². The number of methoxy groups -OCH3 is 4. The van der Waals surface area contributed by atoms with Crippen LogP contribution in [-0.4, -0.2) is 55.9 Å². The first-order valence-electron chi connectivity index (χ1n) is 7.82. The fourth-order valence-electron chi connectivity index (χ4n) is 5.57. The Morgan fingerprint density at radius 1 is 0.808 bits per heavy atom. The summed E-state index contributed by atoms with van der Waals surface area (Å²) in [5, 5.41) is -0.210. The van der Waals surface area contributed by atoms with Crippen molar-refractivity contribution >= 4 is 58.3 Å². The van der Waals surface area contributed by atoms with E-state index in [-0.39, 0.29) is 22.9 Å². The fourth-order valence-corrected chi connectivity index (χ4v) is 8.02. The number of fused-ring (bicyclic) bond motifs is 5. The fraction of sp³-hybridized carbons (Fsp3) is 0.750. The summed E-state index contributed by atoms with van der Waals surface area (Å²) in [6.07, 6.45) is 0.786. The first-order chi connectivity index (χ1) is 12.1. The predicted octanol–water partition coefficient (Wildman–Crippen LogP) is 3.15. The molecule has 3 aliphatic carbocycles. The van der Waals surface area contributed by atoms with Gasteiger partial charge in [0.2, 0.25) is 5.79 Å². The molecule has 4 atom stereocenters. The van der Waals surface area contributed by atoms with E-state index in [1.54, 1.807) is 0 Å². The number of alkyl halides is 2. The van der Waals surface area contributed by atoms with Crippen molar-refractivity contribution in [2.45, 2.75) is 34.8 Å². The summed E-state index contributed by atoms with van der Waals surface area (Å²) in [5.41, 5.74) is -3.38. The predicted molar refractivity (Wildman–Crippen MR) is 95.4 cm³/mol. The van der Waals surface area contributed by atoms with Crippen molar-refractivity contribution in [2.75, 3.05) is 28.4 Å². The third-order valence-corrected chi connectivity index (χ3v) is 9.11. The van der Waals surface area contributed by atoms with E-state index in [2.05, 4.69) is 0 Å². The highest BCUT2D eigenvalue weighted by Crippen LogP contribution is 2.86. The van der Waals surface area contributed by atoms with Gasteiger partial charge in [-0.15, -0.1) is 23.2 Å². The Morgan fingerprint density at radius 3 is 1.42 bits per heavy atom. The van der Waals surface area contributed by atoms with E-state index in [9.17, 15) is 9.59 Å². The minimum absolute atomic E-state index is 0.105. The van der Waals surface area contributed by atoms with E-state index < -0.39 is 38.3 Å². The summed E-state index contributed by atoms with van der Waals surface area (Å²) in [7, 11) is 5.00. The molecule has 0 aromatic rings. The van der Waals surface area contributed by atoms with Crippen LogP contribution in [0.5, 0.6) is 0 Å². The number of halogens is 4. The molecule has 26 heavy (non-hydrogen) atoms. The maximum atomic E-state index is 13.1. The molecule has 0 amide bonds. The molecule has 3 rings (SSSR count). The van der Waals surface area contributed by atoms with Crippen molar-refractivity contribution < 1.29 is 28.5 Å². The number of esters is 2. The molecule has 3 aliphatic rings. The maximum Gasteiger partial charge on any atom is 0.315 e. The van der Waals surface area contributed by atoms with E-state index in [1.807, 2.05) is 0 Å². The second kappa shape index (κ2) is 5.88. The summed E-state index contributed by atoms with van der Waals surface area (Å²) in [5.74, 6) is -3.41. The average Bonchev–Trinajstić information content (AvgIpc) is 3.16. The van der Waals surface area contributed by atoms with Crippen LogP contribution in [0, 0.1) is 10.8 Å². The summed E-state index contributed by atoms with van der Waals surface area (Å²) in [6, 6.07) is 0. The largest absolute Gasteiger partial charge is 0.468 e. The van der Waals surface area contributed by atoms with Crippen molar-refractivity contribution in [1.82, 2.24) is 0 Å². The van der Waals surface area contributed by atoms with Gasteiger partial charge in [-0.25, -0.2) is 0 Å². The second-order valence-electron chi connectivity index (χ2n) is 6.62. The lowest BCUT2D eigenvalue weighted by molar-refractivity contribution is -0.227. The molecule has 10 heteroatoms. The average molecular weight is 448 g/mol. The van der Waals surface area contributed by atoms with Crippen LogP contribution < -0.4 is 0 Å². The molecule has 6 nitrogen and oxygen atoms in total. The molecule has 0 radical (unpaired) electrons. The zero-order chi connectivity index (χ0) is 19.8. The van der Waals surface area contributed by atoms with Gasteiger partial charge in [-0.2, -0.15) is 0 Å². The van der Waals surface area contributed by atoms with Gasteiger partial charge < -0.3 is 18.9 Å². The minimum Gasteiger partial charge on any atom is -0.468 e. The quantitative estimate of drug-likeness (QED) is 0.374. The van der Waals surface area contributed by atoms with Crippen molar-refractivity contribution in [1.29, 1.82) is 0 Å². The van der Waals surface area contributed by atoms with Crippen LogP contribution in [0.3, 0.4) is 0 Å². The van der Waals surface area contributed by atoms with Crippen molar-refractivity contribution in [3.05, 3.63) is 10.1 Å². The van der Waals surface area contributed by atoms with Gasteiger partial charge in [0.25, 0.3) is 0 Å². The molecule has 146 valence electrons. The van der Waals surface area contributed by atoms with Gasteiger partial charge in [-0.1, -0.05) is 29.6 Å². The van der Waals surface area contributed by atoms with E-state index in [0.29, 0.717) is 6.42 Å². The van der Waals surface area contributed by atoms with Gasteiger partial charge in [0.05, 0.1) is 24.3 Å². The molecule has 2 bridgehead atoms. The van der Waals surface area contributed by atoms with Gasteiger partial charge >= 0.3 is 11.9 Å². The van der Waals surface area contributed by atoms with Crippen LogP contribution in [0.15, 0.2) is 10.1 Å². The van der Waals surface area contributed by atoms with Crippen LogP contribution in [0.25, 0.3) is 0 Å². The standard InChI is InChI=1S/C16H18Cl4O6/c1-23-10(21)12-6-5-7-13(12,11(22)24-2)15(20)9(18)8(17)14(12,19)16(15,25-3)26-4/h5-7H2,1-4H3/t12?,13?,14-,15+. The van der Waals surface area contributed by atoms with Gasteiger partial charge in [0.15, 0.2) is 9.75 Å². The van der Waals surface area contributed by atoms with Crippen LogP contribution >= 0.6 is 46.4 Å². The molecule has 0 aromatic heterocycles. The molecule has 0 aromatic carbocycles. The Balaban J connectivity index is 2.56. The molecular formula is C16H18Cl4O6. The molecule has 2 unspecified atom stereocenters. The first kappa shape index (κ1) is 20.5. The molecular weight excluding hydrogens is 430 g/mol. The van der Waals surface area contributed by atoms with Crippen LogP contribution in [0.2, 0.25) is 0 Å². The van der Waals surface area contributed by atoms with Crippen LogP contribution in [0.4, 0.5) is 0 Å². The topological polar surface area (TPSA) is 71.1 Å². The Morgan fingerprint density at radius 2 is 1.15 bits per heavy atom. The molecule has 0 heterocycles.